The first-order valence-corrected chi connectivity index (χ1v) is 7.74. The molecule has 2 rings (SSSR count). The van der Waals surface area contributed by atoms with E-state index in [1.165, 1.54) is 6.07 Å². The molecule has 4 nitrogen and oxygen atoms in total. The summed E-state index contributed by atoms with van der Waals surface area (Å²) in [6, 6.07) is 4.97. The molecule has 5 heteroatoms. The van der Waals surface area contributed by atoms with E-state index in [0.717, 1.165) is 25.9 Å². The molecule has 0 spiro atoms. The van der Waals surface area contributed by atoms with Crippen molar-refractivity contribution in [3.63, 3.8) is 0 Å². The first-order valence-electron chi connectivity index (χ1n) is 6.42. The Bertz CT molecular complexity index is 492. The van der Waals surface area contributed by atoms with Crippen LogP contribution in [0.4, 0.5) is 0 Å². The fourth-order valence-electron chi connectivity index (χ4n) is 2.20. The molecule has 1 aromatic rings. The normalized spacial score (nSPS) is 20.4. The van der Waals surface area contributed by atoms with Crippen molar-refractivity contribution in [3.8, 4) is 0 Å². The molecule has 19 heavy (non-hydrogen) atoms. The molecule has 1 heterocycles. The Hall–Kier alpha value is -1.20. The Morgan fingerprint density at radius 3 is 2.95 bits per heavy atom. The standard InChI is InChI=1S/C14H18O4S/c1-10-4-5-12(9-13(10)14(15)16)19(17)8-6-11-3-2-7-18-11/h4-5,9,11H,2-3,6-8H2,1H3,(H,15,16). The molecule has 1 aliphatic rings. The van der Waals surface area contributed by atoms with E-state index in [1.807, 2.05) is 0 Å². The van der Waals surface area contributed by atoms with Gasteiger partial charge in [0.15, 0.2) is 0 Å². The van der Waals surface area contributed by atoms with E-state index in [1.54, 1.807) is 19.1 Å². The second kappa shape index (κ2) is 6.30. The molecule has 1 fully saturated rings. The fourth-order valence-corrected chi connectivity index (χ4v) is 3.38. The number of aromatic carboxylic acids is 1. The van der Waals surface area contributed by atoms with Gasteiger partial charge in [-0.1, -0.05) is 6.07 Å². The van der Waals surface area contributed by atoms with Crippen molar-refractivity contribution < 1.29 is 18.8 Å². The maximum Gasteiger partial charge on any atom is 0.335 e. The molecular weight excluding hydrogens is 264 g/mol. The summed E-state index contributed by atoms with van der Waals surface area (Å²) >= 11 is 0. The molecule has 0 radical (unpaired) electrons. The number of hydrogen-bond acceptors (Lipinski definition) is 3. The molecule has 104 valence electrons. The molecule has 0 saturated carbocycles. The van der Waals surface area contributed by atoms with Gasteiger partial charge < -0.3 is 9.84 Å². The molecule has 0 amide bonds. The summed E-state index contributed by atoms with van der Waals surface area (Å²) < 4.78 is 17.6. The van der Waals surface area contributed by atoms with Crippen molar-refractivity contribution in [2.75, 3.05) is 12.4 Å². The zero-order chi connectivity index (χ0) is 13.8. The highest BCUT2D eigenvalue weighted by Crippen LogP contribution is 2.19. The predicted molar refractivity (Wildman–Crippen MR) is 73.0 cm³/mol. The van der Waals surface area contributed by atoms with Crippen LogP contribution in [0.2, 0.25) is 0 Å². The molecule has 0 aromatic heterocycles. The molecular formula is C14H18O4S. The summed E-state index contributed by atoms with van der Waals surface area (Å²) in [5.74, 6) is -0.456. The largest absolute Gasteiger partial charge is 0.478 e. The van der Waals surface area contributed by atoms with Crippen molar-refractivity contribution in [2.45, 2.75) is 37.2 Å². The van der Waals surface area contributed by atoms with E-state index >= 15 is 0 Å². The highest BCUT2D eigenvalue weighted by molar-refractivity contribution is 7.85. The Morgan fingerprint density at radius 1 is 1.53 bits per heavy atom. The van der Waals surface area contributed by atoms with Gasteiger partial charge in [-0.15, -0.1) is 0 Å². The van der Waals surface area contributed by atoms with E-state index in [0.29, 0.717) is 16.2 Å². The van der Waals surface area contributed by atoms with Gasteiger partial charge in [-0.3, -0.25) is 4.21 Å². The predicted octanol–water partition coefficient (Wildman–Crippen LogP) is 2.37. The minimum Gasteiger partial charge on any atom is -0.478 e. The van der Waals surface area contributed by atoms with Crippen LogP contribution < -0.4 is 0 Å². The van der Waals surface area contributed by atoms with Gasteiger partial charge in [-0.2, -0.15) is 0 Å². The van der Waals surface area contributed by atoms with Crippen molar-refractivity contribution in [2.24, 2.45) is 0 Å². The van der Waals surface area contributed by atoms with E-state index in [2.05, 4.69) is 0 Å². The van der Waals surface area contributed by atoms with Gasteiger partial charge in [-0.25, -0.2) is 4.79 Å². The zero-order valence-electron chi connectivity index (χ0n) is 10.9. The zero-order valence-corrected chi connectivity index (χ0v) is 11.7. The van der Waals surface area contributed by atoms with Gasteiger partial charge in [0.1, 0.15) is 0 Å². The van der Waals surface area contributed by atoms with Gasteiger partial charge in [0.05, 0.1) is 22.5 Å². The molecule has 1 N–H and O–H groups in total. The summed E-state index contributed by atoms with van der Waals surface area (Å²) in [5.41, 5.74) is 0.912. The van der Waals surface area contributed by atoms with Crippen molar-refractivity contribution in [1.29, 1.82) is 0 Å². The van der Waals surface area contributed by atoms with Gasteiger partial charge >= 0.3 is 5.97 Å². The van der Waals surface area contributed by atoms with Crippen LogP contribution in [0.5, 0.6) is 0 Å². The van der Waals surface area contributed by atoms with Crippen LogP contribution in [0.1, 0.15) is 35.2 Å². The van der Waals surface area contributed by atoms with E-state index in [4.69, 9.17) is 9.84 Å². The van der Waals surface area contributed by atoms with Crippen LogP contribution in [0, 0.1) is 6.92 Å². The van der Waals surface area contributed by atoms with Crippen LogP contribution >= 0.6 is 0 Å². The summed E-state index contributed by atoms with van der Waals surface area (Å²) in [4.78, 5) is 11.6. The van der Waals surface area contributed by atoms with E-state index in [9.17, 15) is 9.00 Å². The van der Waals surface area contributed by atoms with E-state index in [-0.39, 0.29) is 11.7 Å². The first-order chi connectivity index (χ1) is 9.08. The molecule has 0 bridgehead atoms. The molecule has 2 unspecified atom stereocenters. The number of rotatable bonds is 5. The lowest BCUT2D eigenvalue weighted by atomic mass is 10.1. The van der Waals surface area contributed by atoms with Gasteiger partial charge in [0, 0.05) is 17.3 Å². The SMILES string of the molecule is Cc1ccc(S(=O)CCC2CCCO2)cc1C(=O)O. The lowest BCUT2D eigenvalue weighted by molar-refractivity contribution is 0.0696. The number of benzene rings is 1. The third kappa shape index (κ3) is 3.64. The van der Waals surface area contributed by atoms with Crippen LogP contribution in [0.15, 0.2) is 23.1 Å². The van der Waals surface area contributed by atoms with Gasteiger partial charge in [-0.05, 0) is 43.9 Å². The molecule has 0 aliphatic carbocycles. The summed E-state index contributed by atoms with van der Waals surface area (Å²) in [7, 11) is -1.16. The van der Waals surface area contributed by atoms with Crippen LogP contribution in [0.25, 0.3) is 0 Å². The Morgan fingerprint density at radius 2 is 2.32 bits per heavy atom. The van der Waals surface area contributed by atoms with Crippen LogP contribution in [0.3, 0.4) is 0 Å². The van der Waals surface area contributed by atoms with Crippen LogP contribution in [-0.2, 0) is 15.5 Å². The lowest BCUT2D eigenvalue weighted by Crippen LogP contribution is -2.11. The molecule has 1 aliphatic heterocycles. The fraction of sp³-hybridized carbons (Fsp3) is 0.500. The highest BCUT2D eigenvalue weighted by atomic mass is 32.2. The smallest absolute Gasteiger partial charge is 0.335 e. The van der Waals surface area contributed by atoms with Crippen molar-refractivity contribution >= 4 is 16.8 Å². The third-order valence-electron chi connectivity index (χ3n) is 3.35. The topological polar surface area (TPSA) is 63.6 Å². The minimum atomic E-state index is -1.16. The molecule has 1 saturated heterocycles. The lowest BCUT2D eigenvalue weighted by Gasteiger charge is -2.09. The summed E-state index contributed by atoms with van der Waals surface area (Å²) in [6.07, 6.45) is 3.09. The number of carbonyl (C=O) groups is 1. The van der Waals surface area contributed by atoms with Crippen LogP contribution in [-0.4, -0.2) is 33.7 Å². The second-order valence-electron chi connectivity index (χ2n) is 4.76. The Kier molecular flexibility index (Phi) is 4.71. The van der Waals surface area contributed by atoms with Crippen molar-refractivity contribution in [1.82, 2.24) is 0 Å². The Balaban J connectivity index is 2.02. The number of hydrogen-bond donors (Lipinski definition) is 1. The molecule has 1 aromatic carbocycles. The van der Waals surface area contributed by atoms with E-state index < -0.39 is 16.8 Å². The second-order valence-corrected chi connectivity index (χ2v) is 6.33. The minimum absolute atomic E-state index is 0.216. The maximum absolute atomic E-state index is 12.2. The average Bonchev–Trinajstić information content (AvgIpc) is 2.89. The van der Waals surface area contributed by atoms with Gasteiger partial charge in [0.25, 0.3) is 0 Å². The highest BCUT2D eigenvalue weighted by Gasteiger charge is 2.17. The quantitative estimate of drug-likeness (QED) is 0.900. The number of carboxylic acid groups (broad SMARTS) is 1. The average molecular weight is 282 g/mol. The Labute approximate surface area is 115 Å². The summed E-state index contributed by atoms with van der Waals surface area (Å²) in [6.45, 7) is 2.54. The third-order valence-corrected chi connectivity index (χ3v) is 4.74. The summed E-state index contributed by atoms with van der Waals surface area (Å²) in [5, 5.41) is 9.06. The van der Waals surface area contributed by atoms with Gasteiger partial charge in [0.2, 0.25) is 0 Å². The number of ether oxygens (including phenoxy) is 1. The number of carboxylic acids is 1. The first kappa shape index (κ1) is 14.2. The monoisotopic (exact) mass is 282 g/mol. The molecule has 2 atom stereocenters. The number of aryl methyl sites for hydroxylation is 1. The van der Waals surface area contributed by atoms with Crippen molar-refractivity contribution in [3.05, 3.63) is 29.3 Å². The maximum atomic E-state index is 12.2.